The van der Waals surface area contributed by atoms with Crippen LogP contribution in [0.15, 0.2) is 41.3 Å². The van der Waals surface area contributed by atoms with Crippen LogP contribution in [0.1, 0.15) is 68.6 Å². The van der Waals surface area contributed by atoms with Gasteiger partial charge in [-0.25, -0.2) is 0 Å². The molecule has 1 aliphatic rings. The summed E-state index contributed by atoms with van der Waals surface area (Å²) < 4.78 is 0. The van der Waals surface area contributed by atoms with Gasteiger partial charge in [-0.15, -0.1) is 0 Å². The summed E-state index contributed by atoms with van der Waals surface area (Å²) in [6.07, 6.45) is 1.65. The number of ketones is 1. The van der Waals surface area contributed by atoms with Crippen molar-refractivity contribution in [1.82, 2.24) is 4.90 Å². The van der Waals surface area contributed by atoms with Crippen LogP contribution in [0.3, 0.4) is 0 Å². The first-order chi connectivity index (χ1) is 15.2. The topological polar surface area (TPSA) is 74.7 Å². The number of imide groups is 1. The third kappa shape index (κ3) is 5.50. The minimum Gasteiger partial charge on any atom is -0.507 e. The summed E-state index contributed by atoms with van der Waals surface area (Å²) >= 11 is 6.67. The zero-order valence-electron chi connectivity index (χ0n) is 19.7. The Bertz CT molecular complexity index is 1120. The van der Waals surface area contributed by atoms with Crippen LogP contribution in [0.2, 0.25) is 5.02 Å². The molecule has 0 saturated carbocycles. The van der Waals surface area contributed by atoms with E-state index < -0.39 is 11.1 Å². The fourth-order valence-corrected chi connectivity index (χ4v) is 4.51. The van der Waals surface area contributed by atoms with Crippen LogP contribution in [0.5, 0.6) is 5.75 Å². The van der Waals surface area contributed by atoms with Crippen molar-refractivity contribution in [2.24, 2.45) is 0 Å². The molecule has 1 aliphatic heterocycles. The molecule has 1 saturated heterocycles. The zero-order chi connectivity index (χ0) is 24.7. The number of carbonyl (C=O) groups is 3. The van der Waals surface area contributed by atoms with Crippen molar-refractivity contribution >= 4 is 46.4 Å². The van der Waals surface area contributed by atoms with Crippen LogP contribution in [0.4, 0.5) is 4.79 Å². The lowest BCUT2D eigenvalue weighted by molar-refractivity contribution is -0.122. The molecule has 0 bridgehead atoms. The molecule has 2 aromatic rings. The highest BCUT2D eigenvalue weighted by Gasteiger charge is 2.36. The number of halogens is 1. The Labute approximate surface area is 203 Å². The maximum atomic E-state index is 13.0. The second-order valence-electron chi connectivity index (χ2n) is 10.2. The van der Waals surface area contributed by atoms with Crippen LogP contribution >= 0.6 is 23.4 Å². The summed E-state index contributed by atoms with van der Waals surface area (Å²) in [5.74, 6) is -0.603. The molecule has 0 unspecified atom stereocenters. The Morgan fingerprint density at radius 2 is 1.52 bits per heavy atom. The van der Waals surface area contributed by atoms with Crippen LogP contribution < -0.4 is 0 Å². The molecule has 0 radical (unpaired) electrons. The minimum atomic E-state index is -0.505. The SMILES string of the molecule is CC(C)(C)c1cc(C=C2SC(=O)N(CC(=O)c3ccc(Cl)cc3)C2=O)cc(C(C)(C)C)c1O. The molecule has 5 nitrogen and oxygen atoms in total. The number of hydrogen-bond acceptors (Lipinski definition) is 5. The number of phenols is 1. The van der Waals surface area contributed by atoms with Crippen LogP contribution in [-0.4, -0.2) is 33.5 Å². The Morgan fingerprint density at radius 1 is 1.00 bits per heavy atom. The molecule has 1 heterocycles. The molecular formula is C26H28ClNO4S. The van der Waals surface area contributed by atoms with Crippen molar-refractivity contribution in [1.29, 1.82) is 0 Å². The molecule has 1 fully saturated rings. The smallest absolute Gasteiger partial charge is 0.293 e. The largest absolute Gasteiger partial charge is 0.507 e. The molecule has 0 aliphatic carbocycles. The summed E-state index contributed by atoms with van der Waals surface area (Å²) in [7, 11) is 0. The van der Waals surface area contributed by atoms with E-state index in [1.54, 1.807) is 30.3 Å². The number of rotatable bonds is 4. The van der Waals surface area contributed by atoms with Gasteiger partial charge in [0.2, 0.25) is 0 Å². The summed E-state index contributed by atoms with van der Waals surface area (Å²) in [6, 6.07) is 10.0. The van der Waals surface area contributed by atoms with Crippen molar-refractivity contribution in [3.63, 3.8) is 0 Å². The van der Waals surface area contributed by atoms with Crippen molar-refractivity contribution in [2.45, 2.75) is 52.4 Å². The van der Waals surface area contributed by atoms with E-state index in [9.17, 15) is 19.5 Å². The van der Waals surface area contributed by atoms with E-state index >= 15 is 0 Å². The van der Waals surface area contributed by atoms with Gasteiger partial charge in [0.15, 0.2) is 5.78 Å². The van der Waals surface area contributed by atoms with Gasteiger partial charge in [0, 0.05) is 21.7 Å². The van der Waals surface area contributed by atoms with Gasteiger partial charge < -0.3 is 5.11 Å². The van der Waals surface area contributed by atoms with Gasteiger partial charge in [0.05, 0.1) is 11.4 Å². The molecule has 7 heteroatoms. The van der Waals surface area contributed by atoms with E-state index in [-0.39, 0.29) is 33.8 Å². The number of benzene rings is 2. The monoisotopic (exact) mass is 485 g/mol. The van der Waals surface area contributed by atoms with Crippen molar-refractivity contribution in [3.8, 4) is 5.75 Å². The highest BCUT2D eigenvalue weighted by atomic mass is 35.5. The first-order valence-corrected chi connectivity index (χ1v) is 11.8. The standard InChI is InChI=1S/C26H28ClNO4S/c1-25(2,3)18-11-15(12-19(22(18)30)26(4,5)6)13-21-23(31)28(24(32)33-21)14-20(29)16-7-9-17(27)10-8-16/h7-13,30H,14H2,1-6H3. The quantitative estimate of drug-likeness (QED) is 0.392. The molecule has 2 amide bonds. The zero-order valence-corrected chi connectivity index (χ0v) is 21.2. The fraction of sp³-hybridized carbons (Fsp3) is 0.346. The molecule has 174 valence electrons. The Balaban J connectivity index is 1.94. The van der Waals surface area contributed by atoms with E-state index in [2.05, 4.69) is 0 Å². The third-order valence-electron chi connectivity index (χ3n) is 5.39. The number of nitrogens with zero attached hydrogens (tertiary/aromatic N) is 1. The molecule has 1 N–H and O–H groups in total. The van der Waals surface area contributed by atoms with Crippen LogP contribution in [0.25, 0.3) is 6.08 Å². The number of hydrogen-bond donors (Lipinski definition) is 1. The average molecular weight is 486 g/mol. The second kappa shape index (κ2) is 8.99. The summed E-state index contributed by atoms with van der Waals surface area (Å²) in [6.45, 7) is 11.7. The molecular weight excluding hydrogens is 458 g/mol. The maximum Gasteiger partial charge on any atom is 0.293 e. The molecule has 0 atom stereocenters. The van der Waals surface area contributed by atoms with Gasteiger partial charge >= 0.3 is 0 Å². The predicted octanol–water partition coefficient (Wildman–Crippen LogP) is 6.56. The van der Waals surface area contributed by atoms with Gasteiger partial charge in [0.1, 0.15) is 5.75 Å². The molecule has 33 heavy (non-hydrogen) atoms. The molecule has 0 aromatic heterocycles. The van der Waals surface area contributed by atoms with E-state index in [4.69, 9.17) is 11.6 Å². The van der Waals surface area contributed by atoms with Gasteiger partial charge in [0.25, 0.3) is 11.1 Å². The van der Waals surface area contributed by atoms with Gasteiger partial charge in [-0.2, -0.15) is 0 Å². The fourth-order valence-electron chi connectivity index (χ4n) is 3.54. The summed E-state index contributed by atoms with van der Waals surface area (Å²) in [4.78, 5) is 39.3. The normalized spacial score (nSPS) is 16.1. The Kier molecular flexibility index (Phi) is 6.83. The van der Waals surface area contributed by atoms with Gasteiger partial charge in [-0.05, 0) is 70.6 Å². The van der Waals surface area contributed by atoms with Crippen LogP contribution in [-0.2, 0) is 15.6 Å². The van der Waals surface area contributed by atoms with Gasteiger partial charge in [-0.1, -0.05) is 53.1 Å². The van der Waals surface area contributed by atoms with E-state index in [1.165, 1.54) is 0 Å². The van der Waals surface area contributed by atoms with Crippen molar-refractivity contribution in [2.75, 3.05) is 6.54 Å². The van der Waals surface area contributed by atoms with E-state index in [0.717, 1.165) is 33.4 Å². The lowest BCUT2D eigenvalue weighted by atomic mass is 9.78. The van der Waals surface area contributed by atoms with Gasteiger partial charge in [-0.3, -0.25) is 19.3 Å². The molecule has 3 rings (SSSR count). The molecule has 2 aromatic carbocycles. The number of phenolic OH excluding ortho intramolecular Hbond substituents is 1. The Morgan fingerprint density at radius 3 is 2.00 bits per heavy atom. The van der Waals surface area contributed by atoms with Crippen molar-refractivity contribution < 1.29 is 19.5 Å². The summed E-state index contributed by atoms with van der Waals surface area (Å²) in [5, 5.41) is 10.9. The number of carbonyl (C=O) groups excluding carboxylic acids is 3. The maximum absolute atomic E-state index is 13.0. The number of amides is 2. The number of Topliss-reactive ketones (excluding diaryl/α,β-unsaturated/α-hetero) is 1. The number of thioether (sulfide) groups is 1. The number of aromatic hydroxyl groups is 1. The predicted molar refractivity (Wildman–Crippen MR) is 134 cm³/mol. The lowest BCUT2D eigenvalue weighted by Crippen LogP contribution is -2.33. The highest BCUT2D eigenvalue weighted by Crippen LogP contribution is 2.41. The average Bonchev–Trinajstić information content (AvgIpc) is 2.95. The Hall–Kier alpha value is -2.57. The third-order valence-corrected chi connectivity index (χ3v) is 6.55. The molecule has 0 spiro atoms. The minimum absolute atomic E-state index is 0.244. The second-order valence-corrected chi connectivity index (χ2v) is 11.6. The van der Waals surface area contributed by atoms with E-state index in [0.29, 0.717) is 10.6 Å². The lowest BCUT2D eigenvalue weighted by Gasteiger charge is -2.28. The van der Waals surface area contributed by atoms with E-state index in [1.807, 2.05) is 53.7 Å². The van der Waals surface area contributed by atoms with Crippen molar-refractivity contribution in [3.05, 3.63) is 68.6 Å². The summed E-state index contributed by atoms with van der Waals surface area (Å²) in [5.41, 5.74) is 1.98. The first-order valence-electron chi connectivity index (χ1n) is 10.6. The van der Waals surface area contributed by atoms with Crippen LogP contribution in [0, 0.1) is 0 Å². The first kappa shape index (κ1) is 25.1. The highest BCUT2D eigenvalue weighted by molar-refractivity contribution is 8.18.